The second-order valence-corrected chi connectivity index (χ2v) is 9.39. The minimum Gasteiger partial charge on any atom is -0.354 e. The van der Waals surface area contributed by atoms with Crippen molar-refractivity contribution < 1.29 is 4.79 Å². The third-order valence-electron chi connectivity index (χ3n) is 5.43. The van der Waals surface area contributed by atoms with Crippen molar-refractivity contribution in [3.05, 3.63) is 96.6 Å². The van der Waals surface area contributed by atoms with E-state index in [1.165, 1.54) is 0 Å². The molecule has 4 rings (SSSR count). The van der Waals surface area contributed by atoms with Crippen LogP contribution in [0.3, 0.4) is 0 Å². The van der Waals surface area contributed by atoms with E-state index in [0.717, 1.165) is 46.2 Å². The molecule has 1 N–H and O–H groups in total. The first kappa shape index (κ1) is 24.1. The van der Waals surface area contributed by atoms with Crippen LogP contribution in [0, 0.1) is 0 Å². The Morgan fingerprint density at radius 3 is 2.15 bits per heavy atom. The molecule has 0 bridgehead atoms. The second kappa shape index (κ2) is 11.9. The quantitative estimate of drug-likeness (QED) is 0.151. The standard InChI is InChI=1S/C28H28ClN3OS/c1-2-19-32-26(23-16-10-5-11-17-23)25(22-14-8-4-9-15-22)31-28(32)34-20-18-30-27(33)24(29)21-12-6-3-7-13-21/h3-17,24H,2,18-20H2,1H3,(H,30,33). The van der Waals surface area contributed by atoms with Crippen molar-refractivity contribution in [1.82, 2.24) is 14.9 Å². The minimum absolute atomic E-state index is 0.180. The van der Waals surface area contributed by atoms with Gasteiger partial charge in [0.2, 0.25) is 5.91 Å². The molecule has 1 atom stereocenters. The van der Waals surface area contributed by atoms with Crippen LogP contribution < -0.4 is 5.32 Å². The molecule has 174 valence electrons. The van der Waals surface area contributed by atoms with Crippen molar-refractivity contribution in [1.29, 1.82) is 0 Å². The Morgan fingerprint density at radius 1 is 0.941 bits per heavy atom. The number of imidazole rings is 1. The van der Waals surface area contributed by atoms with Crippen molar-refractivity contribution in [3.63, 3.8) is 0 Å². The first-order valence-electron chi connectivity index (χ1n) is 11.5. The zero-order valence-corrected chi connectivity index (χ0v) is 20.7. The summed E-state index contributed by atoms with van der Waals surface area (Å²) in [6, 6.07) is 30.1. The molecule has 1 amide bonds. The number of carbonyl (C=O) groups is 1. The van der Waals surface area contributed by atoms with Gasteiger partial charge in [0.1, 0.15) is 5.38 Å². The van der Waals surface area contributed by atoms with Gasteiger partial charge in [-0.05, 0) is 12.0 Å². The predicted molar refractivity (Wildman–Crippen MR) is 142 cm³/mol. The Bertz CT molecular complexity index is 1200. The normalized spacial score (nSPS) is 11.8. The maximum atomic E-state index is 12.5. The highest BCUT2D eigenvalue weighted by molar-refractivity contribution is 7.99. The van der Waals surface area contributed by atoms with E-state index in [2.05, 4.69) is 53.2 Å². The number of amides is 1. The van der Waals surface area contributed by atoms with Crippen LogP contribution in [0.15, 0.2) is 96.2 Å². The number of hydrogen-bond donors (Lipinski definition) is 1. The SMILES string of the molecule is CCCn1c(SCCNC(=O)C(Cl)c2ccccc2)nc(-c2ccccc2)c1-c1ccccc1. The van der Waals surface area contributed by atoms with Gasteiger partial charge in [-0.3, -0.25) is 4.79 Å². The van der Waals surface area contributed by atoms with Crippen molar-refractivity contribution in [2.24, 2.45) is 0 Å². The number of nitrogens with zero attached hydrogens (tertiary/aromatic N) is 2. The molecule has 0 radical (unpaired) electrons. The molecular weight excluding hydrogens is 462 g/mol. The molecular formula is C28H28ClN3OS. The molecule has 0 fully saturated rings. The lowest BCUT2D eigenvalue weighted by Gasteiger charge is -2.13. The first-order valence-corrected chi connectivity index (χ1v) is 12.9. The molecule has 6 heteroatoms. The lowest BCUT2D eigenvalue weighted by Crippen LogP contribution is -2.29. The van der Waals surface area contributed by atoms with Crippen LogP contribution >= 0.6 is 23.4 Å². The number of benzene rings is 3. The minimum atomic E-state index is -0.692. The lowest BCUT2D eigenvalue weighted by molar-refractivity contribution is -0.120. The van der Waals surface area contributed by atoms with Gasteiger partial charge in [0.05, 0.1) is 11.4 Å². The molecule has 1 unspecified atom stereocenters. The Balaban J connectivity index is 1.52. The molecule has 4 nitrogen and oxygen atoms in total. The van der Waals surface area contributed by atoms with E-state index in [9.17, 15) is 4.79 Å². The first-order chi connectivity index (χ1) is 16.7. The van der Waals surface area contributed by atoms with E-state index in [0.29, 0.717) is 12.3 Å². The molecule has 0 saturated heterocycles. The third kappa shape index (κ3) is 5.72. The van der Waals surface area contributed by atoms with E-state index in [4.69, 9.17) is 16.6 Å². The van der Waals surface area contributed by atoms with Crippen molar-refractivity contribution >= 4 is 29.3 Å². The predicted octanol–water partition coefficient (Wildman–Crippen LogP) is 6.82. The molecule has 0 spiro atoms. The summed E-state index contributed by atoms with van der Waals surface area (Å²) in [6.07, 6.45) is 1.000. The molecule has 0 aliphatic rings. The van der Waals surface area contributed by atoms with E-state index < -0.39 is 5.38 Å². The van der Waals surface area contributed by atoms with Crippen molar-refractivity contribution in [2.45, 2.75) is 30.4 Å². The number of rotatable bonds is 10. The number of nitrogens with one attached hydrogen (secondary N) is 1. The fourth-order valence-electron chi connectivity index (χ4n) is 3.84. The summed E-state index contributed by atoms with van der Waals surface area (Å²) in [7, 11) is 0. The van der Waals surface area contributed by atoms with Gasteiger partial charge in [0.25, 0.3) is 0 Å². The van der Waals surface area contributed by atoms with Crippen molar-refractivity contribution in [3.8, 4) is 22.5 Å². The number of hydrogen-bond acceptors (Lipinski definition) is 3. The highest BCUT2D eigenvalue weighted by Crippen LogP contribution is 2.36. The summed E-state index contributed by atoms with van der Waals surface area (Å²) in [6.45, 7) is 3.56. The summed E-state index contributed by atoms with van der Waals surface area (Å²) >= 11 is 8.00. The Hall–Kier alpha value is -3.02. The average Bonchev–Trinajstić information content (AvgIpc) is 3.26. The number of thioether (sulfide) groups is 1. The van der Waals surface area contributed by atoms with Crippen LogP contribution in [0.1, 0.15) is 24.3 Å². The molecule has 0 aliphatic carbocycles. The Kier molecular flexibility index (Phi) is 8.45. The van der Waals surface area contributed by atoms with Crippen LogP contribution in [0.5, 0.6) is 0 Å². The van der Waals surface area contributed by atoms with E-state index in [-0.39, 0.29) is 5.91 Å². The van der Waals surface area contributed by atoms with Crippen LogP contribution in [-0.2, 0) is 11.3 Å². The van der Waals surface area contributed by atoms with Gasteiger partial charge >= 0.3 is 0 Å². The van der Waals surface area contributed by atoms with Gasteiger partial charge in [-0.15, -0.1) is 11.6 Å². The molecule has 3 aromatic carbocycles. The maximum absolute atomic E-state index is 12.5. The molecule has 34 heavy (non-hydrogen) atoms. The largest absolute Gasteiger partial charge is 0.354 e. The van der Waals surface area contributed by atoms with Gasteiger partial charge in [-0.2, -0.15) is 0 Å². The maximum Gasteiger partial charge on any atom is 0.242 e. The summed E-state index contributed by atoms with van der Waals surface area (Å²) in [5.41, 5.74) is 5.16. The third-order valence-corrected chi connectivity index (χ3v) is 6.86. The number of aromatic nitrogens is 2. The van der Waals surface area contributed by atoms with Gasteiger partial charge in [0.15, 0.2) is 5.16 Å². The fraction of sp³-hybridized carbons (Fsp3) is 0.214. The number of carbonyl (C=O) groups excluding carboxylic acids is 1. The van der Waals surface area contributed by atoms with Crippen LogP contribution in [-0.4, -0.2) is 27.8 Å². The van der Waals surface area contributed by atoms with Gasteiger partial charge in [-0.25, -0.2) is 4.98 Å². The van der Waals surface area contributed by atoms with Crippen molar-refractivity contribution in [2.75, 3.05) is 12.3 Å². The Morgan fingerprint density at radius 2 is 1.53 bits per heavy atom. The molecule has 0 aliphatic heterocycles. The topological polar surface area (TPSA) is 46.9 Å². The monoisotopic (exact) mass is 489 g/mol. The van der Waals surface area contributed by atoms with Gasteiger partial charge < -0.3 is 9.88 Å². The summed E-state index contributed by atoms with van der Waals surface area (Å²) in [4.78, 5) is 17.5. The molecule has 1 aromatic heterocycles. The highest BCUT2D eigenvalue weighted by atomic mass is 35.5. The Labute approximate surface area is 210 Å². The zero-order valence-electron chi connectivity index (χ0n) is 19.2. The van der Waals surface area contributed by atoms with E-state index >= 15 is 0 Å². The summed E-state index contributed by atoms with van der Waals surface area (Å²) in [5, 5.41) is 3.22. The summed E-state index contributed by atoms with van der Waals surface area (Å²) in [5.74, 6) is 0.521. The van der Waals surface area contributed by atoms with Crippen LogP contribution in [0.4, 0.5) is 0 Å². The summed E-state index contributed by atoms with van der Waals surface area (Å²) < 4.78 is 2.30. The van der Waals surface area contributed by atoms with E-state index in [1.807, 2.05) is 54.6 Å². The van der Waals surface area contributed by atoms with Crippen LogP contribution in [0.25, 0.3) is 22.5 Å². The molecule has 1 heterocycles. The lowest BCUT2D eigenvalue weighted by atomic mass is 10.0. The zero-order chi connectivity index (χ0) is 23.8. The van der Waals surface area contributed by atoms with Gasteiger partial charge in [-0.1, -0.05) is 110 Å². The van der Waals surface area contributed by atoms with Crippen LogP contribution in [0.2, 0.25) is 0 Å². The average molecular weight is 490 g/mol. The number of alkyl halides is 1. The fourth-order valence-corrected chi connectivity index (χ4v) is 4.94. The number of halogens is 1. The second-order valence-electron chi connectivity index (χ2n) is 7.89. The highest BCUT2D eigenvalue weighted by Gasteiger charge is 2.20. The smallest absolute Gasteiger partial charge is 0.242 e. The molecule has 4 aromatic rings. The molecule has 0 saturated carbocycles. The van der Waals surface area contributed by atoms with Gasteiger partial charge in [0, 0.05) is 30.0 Å². The van der Waals surface area contributed by atoms with E-state index in [1.54, 1.807) is 11.8 Å².